The second kappa shape index (κ2) is 7.02. The number of rotatable bonds is 5. The highest BCUT2D eigenvalue weighted by atomic mass is 32.1. The van der Waals surface area contributed by atoms with Crippen LogP contribution >= 0.6 is 11.3 Å². The number of benzene rings is 1. The van der Waals surface area contributed by atoms with Crippen LogP contribution in [0, 0.1) is 0 Å². The first-order valence-corrected chi connectivity index (χ1v) is 8.00. The van der Waals surface area contributed by atoms with Gasteiger partial charge in [-0.25, -0.2) is 4.98 Å². The number of ether oxygens (including phenoxy) is 1. The van der Waals surface area contributed by atoms with Gasteiger partial charge in [0, 0.05) is 11.6 Å². The SMILES string of the molecule is C[C@@H](Oc1ccccc1)C(=O)Nc1nc(-c2ccccn2)cs1. The van der Waals surface area contributed by atoms with Crippen molar-refractivity contribution >= 4 is 22.4 Å². The zero-order chi connectivity index (χ0) is 16.1. The molecule has 1 amide bonds. The maximum Gasteiger partial charge on any atom is 0.266 e. The first kappa shape index (κ1) is 15.2. The highest BCUT2D eigenvalue weighted by Gasteiger charge is 2.16. The van der Waals surface area contributed by atoms with Crippen molar-refractivity contribution in [1.29, 1.82) is 0 Å². The molecule has 1 aromatic carbocycles. The highest BCUT2D eigenvalue weighted by Crippen LogP contribution is 2.23. The fraction of sp³-hybridized carbons (Fsp3) is 0.118. The first-order valence-electron chi connectivity index (χ1n) is 7.12. The lowest BCUT2D eigenvalue weighted by Crippen LogP contribution is -2.30. The van der Waals surface area contributed by atoms with E-state index < -0.39 is 6.10 Å². The molecule has 2 aromatic heterocycles. The van der Waals surface area contributed by atoms with Crippen molar-refractivity contribution in [3.63, 3.8) is 0 Å². The summed E-state index contributed by atoms with van der Waals surface area (Å²) in [6, 6.07) is 14.9. The van der Waals surface area contributed by atoms with Crippen LogP contribution in [0.3, 0.4) is 0 Å². The number of hydrogen-bond donors (Lipinski definition) is 1. The topological polar surface area (TPSA) is 64.1 Å². The van der Waals surface area contributed by atoms with Gasteiger partial charge in [-0.05, 0) is 31.2 Å². The van der Waals surface area contributed by atoms with Gasteiger partial charge in [0.05, 0.1) is 5.69 Å². The number of carbonyl (C=O) groups is 1. The van der Waals surface area contributed by atoms with Gasteiger partial charge in [0.15, 0.2) is 11.2 Å². The molecule has 0 unspecified atom stereocenters. The zero-order valence-electron chi connectivity index (χ0n) is 12.5. The average Bonchev–Trinajstić information content (AvgIpc) is 3.05. The zero-order valence-corrected chi connectivity index (χ0v) is 13.3. The van der Waals surface area contributed by atoms with Gasteiger partial charge in [0.2, 0.25) is 0 Å². The van der Waals surface area contributed by atoms with Crippen molar-refractivity contribution in [3.8, 4) is 17.1 Å². The summed E-state index contributed by atoms with van der Waals surface area (Å²) in [6.45, 7) is 1.70. The van der Waals surface area contributed by atoms with Crippen LogP contribution in [0.2, 0.25) is 0 Å². The molecule has 3 aromatic rings. The number of pyridine rings is 1. The maximum absolute atomic E-state index is 12.2. The molecule has 0 aliphatic carbocycles. The number of para-hydroxylation sites is 1. The summed E-state index contributed by atoms with van der Waals surface area (Å²) in [5, 5.41) is 5.16. The van der Waals surface area contributed by atoms with Crippen molar-refractivity contribution in [3.05, 3.63) is 60.1 Å². The Bertz CT molecular complexity index is 775. The van der Waals surface area contributed by atoms with Gasteiger partial charge in [0.1, 0.15) is 11.4 Å². The third kappa shape index (κ3) is 3.92. The Morgan fingerprint density at radius 3 is 2.65 bits per heavy atom. The molecule has 6 heteroatoms. The molecule has 0 saturated carbocycles. The van der Waals surface area contributed by atoms with Crippen LogP contribution in [0.5, 0.6) is 5.75 Å². The number of nitrogens with zero attached hydrogens (tertiary/aromatic N) is 2. The van der Waals surface area contributed by atoms with E-state index in [1.54, 1.807) is 13.1 Å². The molecule has 116 valence electrons. The minimum absolute atomic E-state index is 0.240. The van der Waals surface area contributed by atoms with E-state index in [9.17, 15) is 4.79 Å². The third-order valence-electron chi connectivity index (χ3n) is 3.09. The monoisotopic (exact) mass is 325 g/mol. The molecular formula is C17H15N3O2S. The van der Waals surface area contributed by atoms with E-state index in [4.69, 9.17) is 4.74 Å². The normalized spacial score (nSPS) is 11.7. The van der Waals surface area contributed by atoms with E-state index >= 15 is 0 Å². The third-order valence-corrected chi connectivity index (χ3v) is 3.84. The number of hydrogen-bond acceptors (Lipinski definition) is 5. The van der Waals surface area contributed by atoms with E-state index in [0.717, 1.165) is 11.4 Å². The van der Waals surface area contributed by atoms with Gasteiger partial charge in [0.25, 0.3) is 5.91 Å². The van der Waals surface area contributed by atoms with Crippen LogP contribution in [-0.4, -0.2) is 22.0 Å². The summed E-state index contributed by atoms with van der Waals surface area (Å²) in [6.07, 6.45) is 1.10. The second-order valence-electron chi connectivity index (χ2n) is 4.82. The van der Waals surface area contributed by atoms with E-state index in [1.165, 1.54) is 11.3 Å². The molecule has 0 radical (unpaired) electrons. The Balaban J connectivity index is 1.63. The quantitative estimate of drug-likeness (QED) is 0.778. The molecule has 0 fully saturated rings. The molecule has 0 bridgehead atoms. The largest absolute Gasteiger partial charge is 0.481 e. The Morgan fingerprint density at radius 2 is 1.91 bits per heavy atom. The molecule has 1 N–H and O–H groups in total. The Kier molecular flexibility index (Phi) is 4.63. The van der Waals surface area contributed by atoms with Crippen molar-refractivity contribution in [2.45, 2.75) is 13.0 Å². The summed E-state index contributed by atoms with van der Waals surface area (Å²) in [5.41, 5.74) is 1.51. The van der Waals surface area contributed by atoms with Crippen LogP contribution in [0.1, 0.15) is 6.92 Å². The van der Waals surface area contributed by atoms with Gasteiger partial charge in [-0.15, -0.1) is 11.3 Å². The fourth-order valence-corrected chi connectivity index (χ4v) is 2.63. The molecular weight excluding hydrogens is 310 g/mol. The van der Waals surface area contributed by atoms with E-state index in [1.807, 2.05) is 53.9 Å². The van der Waals surface area contributed by atoms with Crippen LogP contribution in [0.4, 0.5) is 5.13 Å². The van der Waals surface area contributed by atoms with Gasteiger partial charge >= 0.3 is 0 Å². The lowest BCUT2D eigenvalue weighted by molar-refractivity contribution is -0.122. The highest BCUT2D eigenvalue weighted by molar-refractivity contribution is 7.14. The molecule has 23 heavy (non-hydrogen) atoms. The number of aromatic nitrogens is 2. The summed E-state index contributed by atoms with van der Waals surface area (Å²) in [4.78, 5) is 20.8. The van der Waals surface area contributed by atoms with Crippen LogP contribution in [-0.2, 0) is 4.79 Å². The molecule has 5 nitrogen and oxygen atoms in total. The molecule has 1 atom stereocenters. The smallest absolute Gasteiger partial charge is 0.266 e. The Morgan fingerprint density at radius 1 is 1.13 bits per heavy atom. The molecule has 0 aliphatic rings. The molecule has 0 aliphatic heterocycles. The summed E-state index contributed by atoms with van der Waals surface area (Å²) in [7, 11) is 0. The number of thiazole rings is 1. The van der Waals surface area contributed by atoms with E-state index in [0.29, 0.717) is 10.9 Å². The van der Waals surface area contributed by atoms with Crippen molar-refractivity contribution in [2.24, 2.45) is 0 Å². The number of amides is 1. The predicted octanol–water partition coefficient (Wildman–Crippen LogP) is 3.61. The van der Waals surface area contributed by atoms with Gasteiger partial charge in [-0.3, -0.25) is 15.1 Å². The summed E-state index contributed by atoms with van der Waals surface area (Å²) >= 11 is 1.36. The van der Waals surface area contributed by atoms with Crippen molar-refractivity contribution in [1.82, 2.24) is 9.97 Å². The minimum Gasteiger partial charge on any atom is -0.481 e. The Hall–Kier alpha value is -2.73. The van der Waals surface area contributed by atoms with Gasteiger partial charge in [-0.2, -0.15) is 0 Å². The lowest BCUT2D eigenvalue weighted by atomic mass is 10.3. The van der Waals surface area contributed by atoms with E-state index in [-0.39, 0.29) is 5.91 Å². The first-order chi connectivity index (χ1) is 11.2. The van der Waals surface area contributed by atoms with Gasteiger partial charge < -0.3 is 4.74 Å². The van der Waals surface area contributed by atoms with Crippen LogP contribution in [0.25, 0.3) is 11.4 Å². The van der Waals surface area contributed by atoms with Crippen LogP contribution < -0.4 is 10.1 Å². The predicted molar refractivity (Wildman–Crippen MR) is 90.5 cm³/mol. The summed E-state index contributed by atoms with van der Waals surface area (Å²) in [5.74, 6) is 0.416. The lowest BCUT2D eigenvalue weighted by Gasteiger charge is -2.13. The Labute approximate surface area is 138 Å². The van der Waals surface area contributed by atoms with Gasteiger partial charge in [-0.1, -0.05) is 24.3 Å². The molecule has 2 heterocycles. The number of nitrogens with one attached hydrogen (secondary N) is 1. The fourth-order valence-electron chi connectivity index (χ4n) is 1.93. The minimum atomic E-state index is -0.611. The molecule has 3 rings (SSSR count). The van der Waals surface area contributed by atoms with Crippen molar-refractivity contribution in [2.75, 3.05) is 5.32 Å². The van der Waals surface area contributed by atoms with Crippen molar-refractivity contribution < 1.29 is 9.53 Å². The van der Waals surface area contributed by atoms with Crippen LogP contribution in [0.15, 0.2) is 60.1 Å². The maximum atomic E-state index is 12.2. The number of anilines is 1. The molecule has 0 saturated heterocycles. The second-order valence-corrected chi connectivity index (χ2v) is 5.67. The van der Waals surface area contributed by atoms with E-state index in [2.05, 4.69) is 15.3 Å². The summed E-state index contributed by atoms with van der Waals surface area (Å²) < 4.78 is 5.59. The standard InChI is InChI=1S/C17H15N3O2S/c1-12(22-13-7-3-2-4-8-13)16(21)20-17-19-15(11-23-17)14-9-5-6-10-18-14/h2-12H,1H3,(H,19,20,21)/t12-/m1/s1. The average molecular weight is 325 g/mol. The molecule has 0 spiro atoms. The number of carbonyl (C=O) groups excluding carboxylic acids is 1.